The summed E-state index contributed by atoms with van der Waals surface area (Å²) in [4.78, 5) is 22.3. The van der Waals surface area contributed by atoms with Crippen LogP contribution >= 0.6 is 11.6 Å². The molecule has 0 atom stereocenters. The van der Waals surface area contributed by atoms with E-state index in [2.05, 4.69) is 32.3 Å². The average molecular weight is 367 g/mol. The Bertz CT molecular complexity index is 971. The zero-order valence-corrected chi connectivity index (χ0v) is 15.0. The molecule has 3 aromatic rings. The van der Waals surface area contributed by atoms with Crippen molar-refractivity contribution in [3.05, 3.63) is 86.8 Å². The molecule has 1 aliphatic heterocycles. The molecule has 1 aromatic heterocycles. The van der Waals surface area contributed by atoms with Crippen LogP contribution in [0.2, 0.25) is 5.02 Å². The molecule has 2 heterocycles. The van der Waals surface area contributed by atoms with Crippen LogP contribution < -0.4 is 10.9 Å². The molecule has 0 saturated heterocycles. The Labute approximate surface area is 156 Å². The van der Waals surface area contributed by atoms with Crippen LogP contribution in [0.15, 0.2) is 59.4 Å². The van der Waals surface area contributed by atoms with E-state index < -0.39 is 0 Å². The highest BCUT2D eigenvalue weighted by Gasteiger charge is 2.21. The molecule has 6 heteroatoms. The number of aromatic amines is 1. The number of anilines is 2. The van der Waals surface area contributed by atoms with Gasteiger partial charge in [0.1, 0.15) is 0 Å². The molecule has 26 heavy (non-hydrogen) atoms. The Morgan fingerprint density at radius 2 is 2.00 bits per heavy atom. The van der Waals surface area contributed by atoms with Crippen molar-refractivity contribution >= 4 is 23.2 Å². The van der Waals surface area contributed by atoms with E-state index in [0.717, 1.165) is 36.5 Å². The molecule has 0 spiro atoms. The van der Waals surface area contributed by atoms with Crippen molar-refractivity contribution < 1.29 is 0 Å². The van der Waals surface area contributed by atoms with Gasteiger partial charge in [0.2, 0.25) is 5.95 Å². The molecule has 0 unspecified atom stereocenters. The first-order valence-electron chi connectivity index (χ1n) is 8.58. The van der Waals surface area contributed by atoms with Gasteiger partial charge in [0.15, 0.2) is 0 Å². The third-order valence-electron chi connectivity index (χ3n) is 4.48. The Morgan fingerprint density at radius 3 is 2.81 bits per heavy atom. The van der Waals surface area contributed by atoms with Gasteiger partial charge in [-0.15, -0.1) is 0 Å². The molecule has 5 nitrogen and oxygen atoms in total. The number of H-pyrrole nitrogens is 1. The molecule has 0 aliphatic carbocycles. The lowest BCUT2D eigenvalue weighted by molar-refractivity contribution is 0.242. The van der Waals surface area contributed by atoms with Crippen LogP contribution in [-0.4, -0.2) is 21.4 Å². The van der Waals surface area contributed by atoms with E-state index >= 15 is 0 Å². The van der Waals surface area contributed by atoms with Crippen LogP contribution in [0.5, 0.6) is 0 Å². The zero-order valence-electron chi connectivity index (χ0n) is 14.2. The number of nitrogens with zero attached hydrogens (tertiary/aromatic N) is 2. The van der Waals surface area contributed by atoms with Crippen molar-refractivity contribution in [3.63, 3.8) is 0 Å². The van der Waals surface area contributed by atoms with Gasteiger partial charge in [0.05, 0.1) is 11.3 Å². The van der Waals surface area contributed by atoms with Crippen molar-refractivity contribution in [2.45, 2.75) is 19.5 Å². The molecule has 0 fully saturated rings. The van der Waals surface area contributed by atoms with E-state index in [1.807, 2.05) is 30.3 Å². The summed E-state index contributed by atoms with van der Waals surface area (Å²) in [6, 6.07) is 17.6. The van der Waals surface area contributed by atoms with Crippen molar-refractivity contribution in [1.82, 2.24) is 14.9 Å². The molecular formula is C20H19ClN4O. The number of hydrogen-bond acceptors (Lipinski definition) is 4. The fourth-order valence-corrected chi connectivity index (χ4v) is 3.41. The molecule has 0 radical (unpaired) electrons. The highest BCUT2D eigenvalue weighted by Crippen LogP contribution is 2.20. The smallest absolute Gasteiger partial charge is 0.257 e. The second-order valence-corrected chi connectivity index (χ2v) is 6.86. The van der Waals surface area contributed by atoms with Crippen LogP contribution in [0.25, 0.3) is 0 Å². The number of hydrogen-bond donors (Lipinski definition) is 2. The van der Waals surface area contributed by atoms with Crippen molar-refractivity contribution in [1.29, 1.82) is 0 Å². The van der Waals surface area contributed by atoms with E-state index in [9.17, 15) is 4.79 Å². The molecule has 2 N–H and O–H groups in total. The predicted octanol–water partition coefficient (Wildman–Crippen LogP) is 3.73. The topological polar surface area (TPSA) is 61.0 Å². The summed E-state index contributed by atoms with van der Waals surface area (Å²) in [5.74, 6) is 0.451. The molecule has 0 saturated carbocycles. The van der Waals surface area contributed by atoms with E-state index in [1.54, 1.807) is 12.1 Å². The summed E-state index contributed by atoms with van der Waals surface area (Å²) >= 11 is 6.00. The first-order chi connectivity index (χ1) is 12.7. The molecule has 0 amide bonds. The summed E-state index contributed by atoms with van der Waals surface area (Å²) in [5, 5.41) is 3.75. The summed E-state index contributed by atoms with van der Waals surface area (Å²) in [6.07, 6.45) is 0.760. The largest absolute Gasteiger partial charge is 0.326 e. The highest BCUT2D eigenvalue weighted by atomic mass is 35.5. The van der Waals surface area contributed by atoms with Crippen LogP contribution in [-0.2, 0) is 19.5 Å². The van der Waals surface area contributed by atoms with Crippen LogP contribution in [0.3, 0.4) is 0 Å². The van der Waals surface area contributed by atoms with Gasteiger partial charge in [-0.3, -0.25) is 14.7 Å². The lowest BCUT2D eigenvalue weighted by Gasteiger charge is -2.27. The van der Waals surface area contributed by atoms with Gasteiger partial charge in [-0.2, -0.15) is 0 Å². The van der Waals surface area contributed by atoms with Gasteiger partial charge in [-0.25, -0.2) is 4.98 Å². The van der Waals surface area contributed by atoms with Crippen LogP contribution in [0.1, 0.15) is 16.8 Å². The molecule has 2 aromatic carbocycles. The van der Waals surface area contributed by atoms with Gasteiger partial charge in [0.25, 0.3) is 5.56 Å². The SMILES string of the molecule is O=c1[nH]c(Nc2cccc(Cl)c2)nc2c1CN(Cc1ccccc1)CC2. The number of nitrogens with one attached hydrogen (secondary N) is 2. The fourth-order valence-electron chi connectivity index (χ4n) is 3.22. The van der Waals surface area contributed by atoms with Crippen LogP contribution in [0, 0.1) is 0 Å². The number of aromatic nitrogens is 2. The minimum absolute atomic E-state index is 0.0858. The van der Waals surface area contributed by atoms with Crippen molar-refractivity contribution in [3.8, 4) is 0 Å². The zero-order chi connectivity index (χ0) is 17.9. The molecule has 0 bridgehead atoms. The lowest BCUT2D eigenvalue weighted by Crippen LogP contribution is -2.35. The maximum absolute atomic E-state index is 12.6. The third kappa shape index (κ3) is 3.79. The summed E-state index contributed by atoms with van der Waals surface area (Å²) < 4.78 is 0. The summed E-state index contributed by atoms with van der Waals surface area (Å²) in [7, 11) is 0. The van der Waals surface area contributed by atoms with E-state index in [1.165, 1.54) is 5.56 Å². The quantitative estimate of drug-likeness (QED) is 0.738. The molecular weight excluding hydrogens is 348 g/mol. The first kappa shape index (κ1) is 16.8. The molecule has 1 aliphatic rings. The van der Waals surface area contributed by atoms with E-state index in [-0.39, 0.29) is 5.56 Å². The first-order valence-corrected chi connectivity index (χ1v) is 8.96. The third-order valence-corrected chi connectivity index (χ3v) is 4.72. The summed E-state index contributed by atoms with van der Waals surface area (Å²) in [6.45, 7) is 2.33. The highest BCUT2D eigenvalue weighted by molar-refractivity contribution is 6.30. The van der Waals surface area contributed by atoms with Gasteiger partial charge < -0.3 is 5.32 Å². The fraction of sp³-hybridized carbons (Fsp3) is 0.200. The van der Waals surface area contributed by atoms with E-state index in [4.69, 9.17) is 11.6 Å². The van der Waals surface area contributed by atoms with Gasteiger partial charge >= 0.3 is 0 Å². The van der Waals surface area contributed by atoms with E-state index in [0.29, 0.717) is 17.5 Å². The normalized spacial score (nSPS) is 14.0. The molecule has 132 valence electrons. The van der Waals surface area contributed by atoms with Gasteiger partial charge in [0, 0.05) is 36.8 Å². The number of benzene rings is 2. The maximum Gasteiger partial charge on any atom is 0.257 e. The Balaban J connectivity index is 1.52. The number of rotatable bonds is 4. The average Bonchev–Trinajstić information content (AvgIpc) is 2.63. The lowest BCUT2D eigenvalue weighted by atomic mass is 10.1. The summed E-state index contributed by atoms with van der Waals surface area (Å²) in [5.41, 5.74) is 3.57. The van der Waals surface area contributed by atoms with Crippen molar-refractivity contribution in [2.24, 2.45) is 0 Å². The minimum atomic E-state index is -0.0858. The number of halogens is 1. The van der Waals surface area contributed by atoms with Crippen LogP contribution in [0.4, 0.5) is 11.6 Å². The second-order valence-electron chi connectivity index (χ2n) is 6.42. The Morgan fingerprint density at radius 1 is 1.15 bits per heavy atom. The van der Waals surface area contributed by atoms with Gasteiger partial charge in [-0.1, -0.05) is 48.0 Å². The minimum Gasteiger partial charge on any atom is -0.326 e. The second kappa shape index (κ2) is 7.32. The van der Waals surface area contributed by atoms with Crippen molar-refractivity contribution in [2.75, 3.05) is 11.9 Å². The number of fused-ring (bicyclic) bond motifs is 1. The van der Waals surface area contributed by atoms with Gasteiger partial charge in [-0.05, 0) is 23.8 Å². The standard InChI is InChI=1S/C20H19ClN4O/c21-15-7-4-8-16(11-15)22-20-23-18-9-10-25(13-17(18)19(26)24-20)12-14-5-2-1-3-6-14/h1-8,11H,9-10,12-13H2,(H2,22,23,24,26). The Hall–Kier alpha value is -2.63. The maximum atomic E-state index is 12.6. The Kier molecular flexibility index (Phi) is 4.73. The monoisotopic (exact) mass is 366 g/mol. The molecule has 4 rings (SSSR count). The predicted molar refractivity (Wildman–Crippen MR) is 104 cm³/mol.